The van der Waals surface area contributed by atoms with Crippen molar-refractivity contribution in [1.29, 1.82) is 0 Å². The van der Waals surface area contributed by atoms with Gasteiger partial charge in [0.2, 0.25) is 0 Å². The van der Waals surface area contributed by atoms with Gasteiger partial charge < -0.3 is 20.0 Å². The van der Waals surface area contributed by atoms with E-state index >= 15 is 0 Å². The van der Waals surface area contributed by atoms with E-state index in [2.05, 4.69) is 16.8 Å². The van der Waals surface area contributed by atoms with Gasteiger partial charge in [-0.2, -0.15) is 0 Å². The van der Waals surface area contributed by atoms with Crippen LogP contribution < -0.4 is 0 Å². The van der Waals surface area contributed by atoms with Gasteiger partial charge >= 0.3 is 0 Å². The molecule has 1 rings (SSSR count). The van der Waals surface area contributed by atoms with Gasteiger partial charge in [-0.25, -0.2) is 0 Å². The zero-order valence-electron chi connectivity index (χ0n) is 10.7. The van der Waals surface area contributed by atoms with Crippen molar-refractivity contribution in [3.63, 3.8) is 0 Å². The molecule has 2 N–H and O–H groups in total. The molecule has 1 aliphatic heterocycles. The van der Waals surface area contributed by atoms with E-state index in [0.717, 1.165) is 19.6 Å². The van der Waals surface area contributed by atoms with Crippen LogP contribution in [0.15, 0.2) is 0 Å². The largest absolute Gasteiger partial charge is 0.396 e. The maximum atomic E-state index is 9.22. The van der Waals surface area contributed by atoms with E-state index in [1.54, 1.807) is 0 Å². The van der Waals surface area contributed by atoms with Crippen LogP contribution in [0.4, 0.5) is 0 Å². The minimum atomic E-state index is -0.375. The third-order valence-corrected chi connectivity index (χ3v) is 3.41. The van der Waals surface area contributed by atoms with Gasteiger partial charge in [0.05, 0.1) is 13.2 Å². The van der Waals surface area contributed by atoms with Gasteiger partial charge in [-0.3, -0.25) is 0 Å². The van der Waals surface area contributed by atoms with E-state index in [1.165, 1.54) is 25.9 Å². The number of aliphatic hydroxyl groups excluding tert-OH is 2. The monoisotopic (exact) mass is 230 g/mol. The molecule has 4 heteroatoms. The standard InChI is InChI=1S/C12H26N2O2/c1-12(10-15,11-16)9-13(2)7-8-14-5-3-4-6-14/h15-16H,3-11H2,1-2H3. The minimum Gasteiger partial charge on any atom is -0.396 e. The molecular weight excluding hydrogens is 204 g/mol. The van der Waals surface area contributed by atoms with Gasteiger partial charge in [-0.1, -0.05) is 6.92 Å². The van der Waals surface area contributed by atoms with E-state index in [4.69, 9.17) is 0 Å². The lowest BCUT2D eigenvalue weighted by atomic mass is 9.92. The van der Waals surface area contributed by atoms with Crippen molar-refractivity contribution in [3.05, 3.63) is 0 Å². The van der Waals surface area contributed by atoms with Crippen LogP contribution in [-0.2, 0) is 0 Å². The summed E-state index contributed by atoms with van der Waals surface area (Å²) in [5.74, 6) is 0. The van der Waals surface area contributed by atoms with Crippen molar-refractivity contribution >= 4 is 0 Å². The molecule has 16 heavy (non-hydrogen) atoms. The SMILES string of the molecule is CN(CCN1CCCC1)CC(C)(CO)CO. The molecule has 0 bridgehead atoms. The van der Waals surface area contributed by atoms with Gasteiger partial charge in [0.1, 0.15) is 0 Å². The van der Waals surface area contributed by atoms with Crippen molar-refractivity contribution in [2.24, 2.45) is 5.41 Å². The Balaban J connectivity index is 2.21. The molecule has 0 aromatic carbocycles. The maximum absolute atomic E-state index is 9.22. The lowest BCUT2D eigenvalue weighted by Gasteiger charge is -2.31. The molecule has 4 nitrogen and oxygen atoms in total. The maximum Gasteiger partial charge on any atom is 0.0519 e. The molecule has 0 aliphatic carbocycles. The average molecular weight is 230 g/mol. The summed E-state index contributed by atoms with van der Waals surface area (Å²) in [6, 6.07) is 0. The van der Waals surface area contributed by atoms with Crippen LogP contribution in [0.5, 0.6) is 0 Å². The van der Waals surface area contributed by atoms with Crippen molar-refractivity contribution in [2.45, 2.75) is 19.8 Å². The number of hydrogen-bond acceptors (Lipinski definition) is 4. The van der Waals surface area contributed by atoms with Crippen molar-refractivity contribution in [1.82, 2.24) is 9.80 Å². The molecule has 0 radical (unpaired) electrons. The van der Waals surface area contributed by atoms with Crippen LogP contribution in [0.25, 0.3) is 0 Å². The second kappa shape index (κ2) is 6.55. The van der Waals surface area contributed by atoms with Gasteiger partial charge in [0, 0.05) is 25.0 Å². The Morgan fingerprint density at radius 1 is 1.19 bits per heavy atom. The van der Waals surface area contributed by atoms with E-state index in [1.807, 2.05) is 6.92 Å². The van der Waals surface area contributed by atoms with Gasteiger partial charge in [-0.15, -0.1) is 0 Å². The lowest BCUT2D eigenvalue weighted by Crippen LogP contribution is -2.41. The number of aliphatic hydroxyl groups is 2. The summed E-state index contributed by atoms with van der Waals surface area (Å²) in [4.78, 5) is 4.68. The minimum absolute atomic E-state index is 0.0392. The molecule has 0 aromatic rings. The Morgan fingerprint density at radius 2 is 1.75 bits per heavy atom. The fraction of sp³-hybridized carbons (Fsp3) is 1.00. The summed E-state index contributed by atoms with van der Waals surface area (Å²) >= 11 is 0. The number of rotatable bonds is 7. The summed E-state index contributed by atoms with van der Waals surface area (Å²) in [5.41, 5.74) is -0.375. The zero-order chi connectivity index (χ0) is 12.0. The van der Waals surface area contributed by atoms with E-state index in [9.17, 15) is 10.2 Å². The van der Waals surface area contributed by atoms with Gasteiger partial charge in [0.15, 0.2) is 0 Å². The Morgan fingerprint density at radius 3 is 2.25 bits per heavy atom. The van der Waals surface area contributed by atoms with Crippen molar-refractivity contribution < 1.29 is 10.2 Å². The van der Waals surface area contributed by atoms with Crippen molar-refractivity contribution in [2.75, 3.05) is 53.0 Å². The molecule has 1 saturated heterocycles. The first-order valence-electron chi connectivity index (χ1n) is 6.22. The van der Waals surface area contributed by atoms with E-state index in [-0.39, 0.29) is 18.6 Å². The highest BCUT2D eigenvalue weighted by Crippen LogP contribution is 2.15. The highest BCUT2D eigenvalue weighted by Gasteiger charge is 2.24. The summed E-state index contributed by atoms with van der Waals surface area (Å²) < 4.78 is 0. The molecule has 0 saturated carbocycles. The molecule has 1 aliphatic rings. The predicted octanol–water partition coefficient (Wildman–Crippen LogP) is 0.00490. The molecule has 1 fully saturated rings. The molecule has 0 spiro atoms. The Kier molecular flexibility index (Phi) is 5.69. The highest BCUT2D eigenvalue weighted by atomic mass is 16.3. The topological polar surface area (TPSA) is 46.9 Å². The van der Waals surface area contributed by atoms with Crippen LogP contribution in [-0.4, -0.2) is 73.0 Å². The van der Waals surface area contributed by atoms with Crippen LogP contribution in [0.3, 0.4) is 0 Å². The molecule has 0 aromatic heterocycles. The van der Waals surface area contributed by atoms with Crippen LogP contribution in [0.1, 0.15) is 19.8 Å². The summed E-state index contributed by atoms with van der Waals surface area (Å²) in [7, 11) is 2.06. The summed E-state index contributed by atoms with van der Waals surface area (Å²) in [5, 5.41) is 18.4. The first kappa shape index (κ1) is 13.9. The van der Waals surface area contributed by atoms with E-state index < -0.39 is 0 Å². The number of likely N-dealkylation sites (N-methyl/N-ethyl adjacent to an activating group) is 1. The molecular formula is C12H26N2O2. The average Bonchev–Trinajstić information content (AvgIpc) is 2.79. The smallest absolute Gasteiger partial charge is 0.0519 e. The van der Waals surface area contributed by atoms with Crippen LogP contribution >= 0.6 is 0 Å². The molecule has 96 valence electrons. The Labute approximate surface area is 98.9 Å². The predicted molar refractivity (Wildman–Crippen MR) is 65.4 cm³/mol. The molecule has 0 unspecified atom stereocenters. The fourth-order valence-corrected chi connectivity index (χ4v) is 2.20. The van der Waals surface area contributed by atoms with E-state index in [0.29, 0.717) is 0 Å². The lowest BCUT2D eigenvalue weighted by molar-refractivity contribution is 0.0402. The second-order valence-electron chi connectivity index (χ2n) is 5.41. The molecule has 1 heterocycles. The first-order chi connectivity index (χ1) is 7.59. The Hall–Kier alpha value is -0.160. The van der Waals surface area contributed by atoms with Crippen LogP contribution in [0.2, 0.25) is 0 Å². The highest BCUT2D eigenvalue weighted by molar-refractivity contribution is 4.76. The molecule has 0 atom stereocenters. The van der Waals surface area contributed by atoms with Crippen molar-refractivity contribution in [3.8, 4) is 0 Å². The van der Waals surface area contributed by atoms with Gasteiger partial charge in [-0.05, 0) is 33.0 Å². The van der Waals surface area contributed by atoms with Gasteiger partial charge in [0.25, 0.3) is 0 Å². The quantitative estimate of drug-likeness (QED) is 0.646. The zero-order valence-corrected chi connectivity index (χ0v) is 10.7. The summed E-state index contributed by atoms with van der Waals surface area (Å²) in [6.45, 7) is 7.30. The second-order valence-corrected chi connectivity index (χ2v) is 5.41. The summed E-state index contributed by atoms with van der Waals surface area (Å²) in [6.07, 6.45) is 2.66. The number of nitrogens with zero attached hydrogens (tertiary/aromatic N) is 2. The first-order valence-corrected chi connectivity index (χ1v) is 6.22. The third kappa shape index (κ3) is 4.37. The third-order valence-electron chi connectivity index (χ3n) is 3.41. The number of likely N-dealkylation sites (tertiary alicyclic amines) is 1. The fourth-order valence-electron chi connectivity index (χ4n) is 2.20. The molecule has 0 amide bonds. The number of hydrogen-bond donors (Lipinski definition) is 2. The van der Waals surface area contributed by atoms with Crippen LogP contribution in [0, 0.1) is 5.41 Å². The normalized spacial score (nSPS) is 18.6. The Bertz CT molecular complexity index is 189.